The van der Waals surface area contributed by atoms with Gasteiger partial charge in [0.2, 0.25) is 0 Å². The van der Waals surface area contributed by atoms with E-state index in [0.29, 0.717) is 11.3 Å². The van der Waals surface area contributed by atoms with Crippen molar-refractivity contribution in [2.24, 2.45) is 0 Å². The lowest BCUT2D eigenvalue weighted by atomic mass is 9.95. The fourth-order valence-corrected chi connectivity index (χ4v) is 3.62. The number of nitrogens with zero attached hydrogens (tertiary/aromatic N) is 1. The van der Waals surface area contributed by atoms with E-state index in [1.165, 1.54) is 4.90 Å². The first-order chi connectivity index (χ1) is 16.3. The molecule has 0 heterocycles. The summed E-state index contributed by atoms with van der Waals surface area (Å²) in [6.45, 7) is 1.86. The Morgan fingerprint density at radius 1 is 0.882 bits per heavy atom. The number of nitrogens with one attached hydrogen (secondary N) is 1. The number of hydrogen-bond donors (Lipinski definition) is 2. The number of likely N-dealkylation sites (N-methyl/N-ethyl adjacent to an activating group) is 1. The van der Waals surface area contributed by atoms with Crippen molar-refractivity contribution in [3.8, 4) is 5.75 Å². The molecule has 1 amide bonds. The van der Waals surface area contributed by atoms with Crippen LogP contribution >= 0.6 is 0 Å². The predicted molar refractivity (Wildman–Crippen MR) is 133 cm³/mol. The van der Waals surface area contributed by atoms with Gasteiger partial charge in [0.15, 0.2) is 12.4 Å². The third-order valence-electron chi connectivity index (χ3n) is 5.71. The number of Topliss-reactive ketones (excluding diaryl/α,β-unsaturated/α-hetero) is 1. The van der Waals surface area contributed by atoms with Crippen molar-refractivity contribution in [2.45, 2.75) is 31.5 Å². The number of hydrogen-bond acceptors (Lipinski definition) is 5. The number of rotatable bonds is 11. The molecule has 0 aliphatic heterocycles. The zero-order valence-electron chi connectivity index (χ0n) is 19.8. The SMILES string of the molecule is CC(NC(CC(=O)c1ccc(OCC(=O)N(C)C)cc1)c1ccccc1)C(O)c1ccccc1. The maximum absolute atomic E-state index is 13.1. The summed E-state index contributed by atoms with van der Waals surface area (Å²) in [5, 5.41) is 14.3. The minimum absolute atomic E-state index is 0.0290. The first kappa shape index (κ1) is 25.1. The van der Waals surface area contributed by atoms with Gasteiger partial charge in [-0.15, -0.1) is 0 Å². The van der Waals surface area contributed by atoms with Crippen LogP contribution in [0.1, 0.15) is 47.0 Å². The second-order valence-corrected chi connectivity index (χ2v) is 8.50. The summed E-state index contributed by atoms with van der Waals surface area (Å²) in [7, 11) is 3.34. The van der Waals surface area contributed by atoms with Crippen molar-refractivity contribution >= 4 is 11.7 Å². The van der Waals surface area contributed by atoms with E-state index in [-0.39, 0.29) is 36.8 Å². The Kier molecular flexibility index (Phi) is 8.96. The maximum atomic E-state index is 13.1. The van der Waals surface area contributed by atoms with E-state index in [2.05, 4.69) is 5.32 Å². The lowest BCUT2D eigenvalue weighted by molar-refractivity contribution is -0.130. The minimum atomic E-state index is -0.705. The van der Waals surface area contributed by atoms with E-state index in [0.717, 1.165) is 11.1 Å². The lowest BCUT2D eigenvalue weighted by Crippen LogP contribution is -2.36. The number of carbonyl (C=O) groups excluding carboxylic acids is 2. The number of ether oxygens (including phenoxy) is 1. The van der Waals surface area contributed by atoms with Crippen LogP contribution < -0.4 is 10.1 Å². The van der Waals surface area contributed by atoms with Crippen LogP contribution in [0.2, 0.25) is 0 Å². The molecule has 3 atom stereocenters. The second kappa shape index (κ2) is 12.1. The van der Waals surface area contributed by atoms with Gasteiger partial charge >= 0.3 is 0 Å². The van der Waals surface area contributed by atoms with Crippen LogP contribution in [0.25, 0.3) is 0 Å². The average Bonchev–Trinajstić information content (AvgIpc) is 2.87. The fourth-order valence-electron chi connectivity index (χ4n) is 3.62. The standard InChI is InChI=1S/C28H32N2O4/c1-20(28(33)23-12-8-5-9-13-23)29-25(21-10-6-4-7-11-21)18-26(31)22-14-16-24(17-15-22)34-19-27(32)30(2)3/h4-17,20,25,28-29,33H,18-19H2,1-3H3. The Morgan fingerprint density at radius 2 is 1.44 bits per heavy atom. The Hall–Kier alpha value is -3.48. The van der Waals surface area contributed by atoms with Gasteiger partial charge < -0.3 is 20.1 Å². The molecule has 0 radical (unpaired) electrons. The van der Waals surface area contributed by atoms with Crippen molar-refractivity contribution in [2.75, 3.05) is 20.7 Å². The molecule has 0 aliphatic carbocycles. The van der Waals surface area contributed by atoms with Crippen molar-refractivity contribution in [3.05, 3.63) is 102 Å². The van der Waals surface area contributed by atoms with Crippen molar-refractivity contribution in [1.29, 1.82) is 0 Å². The Balaban J connectivity index is 1.69. The van der Waals surface area contributed by atoms with Crippen LogP contribution in [0.15, 0.2) is 84.9 Å². The largest absolute Gasteiger partial charge is 0.484 e. The number of aliphatic hydroxyl groups is 1. The highest BCUT2D eigenvalue weighted by Crippen LogP contribution is 2.24. The van der Waals surface area contributed by atoms with E-state index < -0.39 is 6.10 Å². The topological polar surface area (TPSA) is 78.9 Å². The summed E-state index contributed by atoms with van der Waals surface area (Å²) < 4.78 is 5.49. The summed E-state index contributed by atoms with van der Waals surface area (Å²) >= 11 is 0. The molecule has 3 unspecified atom stereocenters. The van der Waals surface area contributed by atoms with E-state index >= 15 is 0 Å². The molecule has 0 bridgehead atoms. The molecule has 0 aliphatic rings. The van der Waals surface area contributed by atoms with Crippen LogP contribution in [0.3, 0.4) is 0 Å². The molecule has 0 saturated heterocycles. The summed E-state index contributed by atoms with van der Waals surface area (Å²) in [6, 6.07) is 25.5. The van der Waals surface area contributed by atoms with Gasteiger partial charge in [0.05, 0.1) is 6.10 Å². The Morgan fingerprint density at radius 3 is 2.00 bits per heavy atom. The van der Waals surface area contributed by atoms with Gasteiger partial charge in [-0.05, 0) is 42.3 Å². The molecular weight excluding hydrogens is 428 g/mol. The summed E-state index contributed by atoms with van der Waals surface area (Å²) in [6.07, 6.45) is -0.473. The number of carbonyl (C=O) groups is 2. The molecule has 34 heavy (non-hydrogen) atoms. The smallest absolute Gasteiger partial charge is 0.259 e. The first-order valence-corrected chi connectivity index (χ1v) is 11.4. The molecule has 178 valence electrons. The normalized spacial score (nSPS) is 13.5. The maximum Gasteiger partial charge on any atom is 0.259 e. The quantitative estimate of drug-likeness (QED) is 0.420. The number of benzene rings is 3. The molecule has 0 aromatic heterocycles. The third-order valence-corrected chi connectivity index (χ3v) is 5.71. The van der Waals surface area contributed by atoms with E-state index in [9.17, 15) is 14.7 Å². The monoisotopic (exact) mass is 460 g/mol. The van der Waals surface area contributed by atoms with Gasteiger partial charge in [-0.1, -0.05) is 60.7 Å². The molecule has 0 fully saturated rings. The average molecular weight is 461 g/mol. The van der Waals surface area contributed by atoms with Gasteiger partial charge in [0.1, 0.15) is 5.75 Å². The fraction of sp³-hybridized carbons (Fsp3) is 0.286. The third kappa shape index (κ3) is 7.01. The zero-order valence-corrected chi connectivity index (χ0v) is 19.8. The van der Waals surface area contributed by atoms with Crippen LogP contribution in [0.5, 0.6) is 5.75 Å². The van der Waals surface area contributed by atoms with Gasteiger partial charge in [-0.25, -0.2) is 0 Å². The highest BCUT2D eigenvalue weighted by atomic mass is 16.5. The molecule has 3 aromatic carbocycles. The van der Waals surface area contributed by atoms with Crippen molar-refractivity contribution < 1.29 is 19.4 Å². The van der Waals surface area contributed by atoms with Crippen LogP contribution in [-0.2, 0) is 4.79 Å². The zero-order chi connectivity index (χ0) is 24.5. The van der Waals surface area contributed by atoms with Gasteiger partial charge in [-0.3, -0.25) is 9.59 Å². The summed E-state index contributed by atoms with van der Waals surface area (Å²) in [5.41, 5.74) is 2.36. The Labute approximate surface area is 201 Å². The van der Waals surface area contributed by atoms with Gasteiger partial charge in [0.25, 0.3) is 5.91 Å². The molecule has 2 N–H and O–H groups in total. The second-order valence-electron chi connectivity index (χ2n) is 8.50. The van der Waals surface area contributed by atoms with E-state index in [1.807, 2.05) is 67.6 Å². The molecule has 6 heteroatoms. The van der Waals surface area contributed by atoms with Crippen LogP contribution in [0, 0.1) is 0 Å². The highest BCUT2D eigenvalue weighted by Gasteiger charge is 2.23. The first-order valence-electron chi connectivity index (χ1n) is 11.4. The van der Waals surface area contributed by atoms with Crippen LogP contribution in [-0.4, -0.2) is 48.4 Å². The highest BCUT2D eigenvalue weighted by molar-refractivity contribution is 5.96. The van der Waals surface area contributed by atoms with E-state index in [1.54, 1.807) is 38.4 Å². The lowest BCUT2D eigenvalue weighted by Gasteiger charge is -2.27. The Bertz CT molecular complexity index is 1050. The summed E-state index contributed by atoms with van der Waals surface area (Å²) in [4.78, 5) is 26.3. The van der Waals surface area contributed by atoms with Gasteiger partial charge in [0, 0.05) is 38.2 Å². The number of amides is 1. The molecule has 6 nitrogen and oxygen atoms in total. The molecular formula is C28H32N2O4. The minimum Gasteiger partial charge on any atom is -0.484 e. The summed E-state index contributed by atoms with van der Waals surface area (Å²) in [5.74, 6) is 0.367. The van der Waals surface area contributed by atoms with Crippen molar-refractivity contribution in [1.82, 2.24) is 10.2 Å². The predicted octanol–water partition coefficient (Wildman–Crippen LogP) is 4.18. The number of ketones is 1. The molecule has 3 rings (SSSR count). The molecule has 0 spiro atoms. The molecule has 3 aromatic rings. The van der Waals surface area contributed by atoms with Crippen LogP contribution in [0.4, 0.5) is 0 Å². The molecule has 0 saturated carbocycles. The number of aliphatic hydroxyl groups excluding tert-OH is 1. The van der Waals surface area contributed by atoms with Gasteiger partial charge in [-0.2, -0.15) is 0 Å². The van der Waals surface area contributed by atoms with E-state index in [4.69, 9.17) is 4.74 Å². The van der Waals surface area contributed by atoms with Crippen molar-refractivity contribution in [3.63, 3.8) is 0 Å².